The summed E-state index contributed by atoms with van der Waals surface area (Å²) < 4.78 is 33.0. The normalized spacial score (nSPS) is 13.1. The van der Waals surface area contributed by atoms with Crippen LogP contribution in [-0.4, -0.2) is 49.3 Å². The number of unbranched alkanes of at least 4 members (excludes halogenated alkanes) is 38. The Bertz CT molecular complexity index is 1060. The highest BCUT2D eigenvalue weighted by molar-refractivity contribution is 7.47. The van der Waals surface area contributed by atoms with Crippen molar-refractivity contribution < 1.29 is 37.6 Å². The Hall–Kier alpha value is -1.25. The van der Waals surface area contributed by atoms with Gasteiger partial charge in [0.2, 0.25) is 0 Å². The molecule has 0 rings (SSSR count). The lowest BCUT2D eigenvalue weighted by molar-refractivity contribution is -0.161. The summed E-state index contributed by atoms with van der Waals surface area (Å²) in [5.74, 6) is -0.846. The van der Waals surface area contributed by atoms with E-state index in [9.17, 15) is 19.0 Å². The lowest BCUT2D eigenvalue weighted by Gasteiger charge is -2.19. The maximum atomic E-state index is 12.7. The van der Waals surface area contributed by atoms with Gasteiger partial charge in [-0.1, -0.05) is 257 Å². The summed E-state index contributed by atoms with van der Waals surface area (Å²) in [5, 5.41) is 0. The van der Waals surface area contributed by atoms with Crippen molar-refractivity contribution in [2.75, 3.05) is 26.4 Å². The molecule has 9 nitrogen and oxygen atoms in total. The topological polar surface area (TPSA) is 134 Å². The lowest BCUT2D eigenvalue weighted by Crippen LogP contribution is -2.29. The third-order valence-electron chi connectivity index (χ3n) is 12.4. The summed E-state index contributed by atoms with van der Waals surface area (Å²) in [6, 6.07) is 0. The summed E-state index contributed by atoms with van der Waals surface area (Å²) in [5.41, 5.74) is 5.37. The summed E-state index contributed by atoms with van der Waals surface area (Å²) in [6.45, 7) is 3.78. The fourth-order valence-corrected chi connectivity index (χ4v) is 9.06. The fraction of sp³-hybridized carbons (Fsp3) is 0.926. The van der Waals surface area contributed by atoms with Crippen LogP contribution in [0.2, 0.25) is 0 Å². The van der Waals surface area contributed by atoms with Gasteiger partial charge in [0.25, 0.3) is 0 Å². The molecule has 0 amide bonds. The van der Waals surface area contributed by atoms with Crippen LogP contribution in [0.4, 0.5) is 0 Å². The molecule has 0 aromatic rings. The standard InChI is InChI=1S/C54H106NO8P/c1-3-5-7-9-11-13-15-17-19-21-23-25-26-27-29-30-32-34-36-38-40-42-44-46-53(56)60-50-52(51-62-64(58,59)61-49-48-55)63-54(57)47-45-43-41-39-37-35-33-31-28-24-22-20-18-16-14-12-10-8-6-4-2/h38,40,52H,3-37,39,41-51,55H2,1-2H3,(H,58,59)/b40-38+/t52-/m1/s1. The maximum absolute atomic E-state index is 12.7. The highest BCUT2D eigenvalue weighted by Gasteiger charge is 2.26. The number of esters is 2. The molecule has 0 fully saturated rings. The van der Waals surface area contributed by atoms with E-state index in [0.29, 0.717) is 12.8 Å². The number of rotatable bonds is 53. The third-order valence-corrected chi connectivity index (χ3v) is 13.4. The van der Waals surface area contributed by atoms with E-state index in [2.05, 4.69) is 26.0 Å². The molecule has 0 saturated carbocycles. The van der Waals surface area contributed by atoms with E-state index < -0.39 is 32.5 Å². The van der Waals surface area contributed by atoms with Crippen molar-refractivity contribution in [3.8, 4) is 0 Å². The zero-order valence-corrected chi connectivity index (χ0v) is 43.2. The monoisotopic (exact) mass is 928 g/mol. The van der Waals surface area contributed by atoms with Gasteiger partial charge in [-0.25, -0.2) is 4.57 Å². The zero-order valence-electron chi connectivity index (χ0n) is 42.3. The first-order chi connectivity index (χ1) is 31.3. The van der Waals surface area contributed by atoms with E-state index in [1.807, 2.05) is 0 Å². The van der Waals surface area contributed by atoms with Gasteiger partial charge in [-0.3, -0.25) is 18.6 Å². The number of hydrogen-bond donors (Lipinski definition) is 2. The molecular formula is C54H106NO8P. The molecule has 0 spiro atoms. The molecule has 1 unspecified atom stereocenters. The minimum absolute atomic E-state index is 0.0538. The van der Waals surface area contributed by atoms with Gasteiger partial charge in [0, 0.05) is 19.4 Å². The molecule has 0 heterocycles. The van der Waals surface area contributed by atoms with Gasteiger partial charge in [0.1, 0.15) is 6.61 Å². The van der Waals surface area contributed by atoms with Gasteiger partial charge >= 0.3 is 19.8 Å². The van der Waals surface area contributed by atoms with Crippen LogP contribution in [-0.2, 0) is 32.7 Å². The maximum Gasteiger partial charge on any atom is 0.472 e. The highest BCUT2D eigenvalue weighted by Crippen LogP contribution is 2.43. The fourth-order valence-electron chi connectivity index (χ4n) is 8.29. The van der Waals surface area contributed by atoms with E-state index in [-0.39, 0.29) is 32.6 Å². The number of phosphoric acid groups is 1. The van der Waals surface area contributed by atoms with E-state index in [4.69, 9.17) is 24.3 Å². The zero-order chi connectivity index (χ0) is 46.7. The Labute approximate surface area is 396 Å². The van der Waals surface area contributed by atoms with Crippen LogP contribution in [0.15, 0.2) is 12.2 Å². The van der Waals surface area contributed by atoms with Crippen molar-refractivity contribution >= 4 is 19.8 Å². The number of phosphoric ester groups is 1. The molecule has 64 heavy (non-hydrogen) atoms. The Morgan fingerprint density at radius 2 is 0.781 bits per heavy atom. The summed E-state index contributed by atoms with van der Waals surface area (Å²) in [4.78, 5) is 35.1. The van der Waals surface area contributed by atoms with Crippen LogP contribution in [0.5, 0.6) is 0 Å². The molecule has 0 bridgehead atoms. The first-order valence-corrected chi connectivity index (χ1v) is 29.2. The second kappa shape index (κ2) is 51.1. The number of carbonyl (C=O) groups excluding carboxylic acids is 2. The predicted molar refractivity (Wildman–Crippen MR) is 271 cm³/mol. The quantitative estimate of drug-likeness (QED) is 0.0265. The second-order valence-electron chi connectivity index (χ2n) is 18.8. The molecule has 0 aromatic heterocycles. The van der Waals surface area contributed by atoms with Gasteiger partial charge in [0.15, 0.2) is 6.10 Å². The Kier molecular flexibility index (Phi) is 50.1. The molecule has 2 atom stereocenters. The molecule has 0 aromatic carbocycles. The van der Waals surface area contributed by atoms with Gasteiger partial charge < -0.3 is 20.1 Å². The number of hydrogen-bond acceptors (Lipinski definition) is 8. The van der Waals surface area contributed by atoms with Gasteiger partial charge in [0.05, 0.1) is 13.2 Å². The van der Waals surface area contributed by atoms with Crippen LogP contribution in [0.3, 0.4) is 0 Å². The Morgan fingerprint density at radius 3 is 1.16 bits per heavy atom. The predicted octanol–water partition coefficient (Wildman–Crippen LogP) is 16.9. The van der Waals surface area contributed by atoms with E-state index >= 15 is 0 Å². The Morgan fingerprint density at radius 1 is 0.453 bits per heavy atom. The second-order valence-corrected chi connectivity index (χ2v) is 20.3. The van der Waals surface area contributed by atoms with Crippen LogP contribution in [0.25, 0.3) is 0 Å². The minimum Gasteiger partial charge on any atom is -0.462 e. The molecule has 0 aliphatic heterocycles. The van der Waals surface area contributed by atoms with Crippen molar-refractivity contribution in [2.45, 2.75) is 296 Å². The van der Waals surface area contributed by atoms with Crippen LogP contribution in [0, 0.1) is 0 Å². The van der Waals surface area contributed by atoms with Crippen LogP contribution in [0.1, 0.15) is 290 Å². The van der Waals surface area contributed by atoms with Crippen molar-refractivity contribution in [1.29, 1.82) is 0 Å². The van der Waals surface area contributed by atoms with Gasteiger partial charge in [-0.2, -0.15) is 0 Å². The summed E-state index contributed by atoms with van der Waals surface area (Å²) >= 11 is 0. The van der Waals surface area contributed by atoms with Crippen LogP contribution < -0.4 is 5.73 Å². The summed E-state index contributed by atoms with van der Waals surface area (Å²) in [6.07, 6.45) is 57.0. The van der Waals surface area contributed by atoms with Crippen molar-refractivity contribution in [3.05, 3.63) is 12.2 Å². The van der Waals surface area contributed by atoms with Crippen LogP contribution >= 0.6 is 7.82 Å². The van der Waals surface area contributed by atoms with Gasteiger partial charge in [-0.15, -0.1) is 0 Å². The number of nitrogens with two attached hydrogens (primary N) is 1. The van der Waals surface area contributed by atoms with Crippen molar-refractivity contribution in [1.82, 2.24) is 0 Å². The lowest BCUT2D eigenvalue weighted by atomic mass is 10.0. The minimum atomic E-state index is -4.38. The highest BCUT2D eigenvalue weighted by atomic mass is 31.2. The largest absolute Gasteiger partial charge is 0.472 e. The summed E-state index contributed by atoms with van der Waals surface area (Å²) in [7, 11) is -4.38. The molecule has 0 saturated heterocycles. The van der Waals surface area contributed by atoms with Gasteiger partial charge in [-0.05, 0) is 32.1 Å². The first kappa shape index (κ1) is 62.8. The molecule has 0 radical (unpaired) electrons. The number of carbonyl (C=O) groups is 2. The first-order valence-electron chi connectivity index (χ1n) is 27.7. The van der Waals surface area contributed by atoms with Crippen molar-refractivity contribution in [2.24, 2.45) is 5.73 Å². The van der Waals surface area contributed by atoms with E-state index in [0.717, 1.165) is 25.7 Å². The molecule has 3 N–H and O–H groups in total. The van der Waals surface area contributed by atoms with E-state index in [1.54, 1.807) is 0 Å². The third kappa shape index (κ3) is 50.2. The SMILES string of the molecule is CCCCCCCCCCCCCCCCCCCC/C=C/CCCC(=O)OC[C@H](COP(=O)(O)OCCN)OC(=O)CCCCCCCCCCCCCCCCCCCCCC. The molecule has 0 aliphatic carbocycles. The van der Waals surface area contributed by atoms with Crippen molar-refractivity contribution in [3.63, 3.8) is 0 Å². The number of allylic oxidation sites excluding steroid dienone is 2. The average molecular weight is 928 g/mol. The average Bonchev–Trinajstić information content (AvgIpc) is 3.28. The van der Waals surface area contributed by atoms with E-state index in [1.165, 1.54) is 225 Å². The smallest absolute Gasteiger partial charge is 0.462 e. The molecule has 10 heteroatoms. The molecule has 380 valence electrons. The molecule has 0 aliphatic rings. The number of ether oxygens (including phenoxy) is 2. The Balaban J connectivity index is 3.98. The molecular weight excluding hydrogens is 822 g/mol.